The Hall–Kier alpha value is -1.22. The molecule has 1 amide bonds. The molecule has 0 heterocycles. The van der Waals surface area contributed by atoms with E-state index in [0.29, 0.717) is 29.0 Å². The number of hydrogen-bond acceptors (Lipinski definition) is 2. The van der Waals surface area contributed by atoms with Crippen molar-refractivity contribution in [3.63, 3.8) is 0 Å². The highest BCUT2D eigenvalue weighted by Gasteiger charge is 2.25. The molecule has 0 saturated carbocycles. The van der Waals surface area contributed by atoms with Crippen LogP contribution >= 0.6 is 11.6 Å². The van der Waals surface area contributed by atoms with Gasteiger partial charge >= 0.3 is 0 Å². The standard InChI is InChI=1S/C17H26ClNO2/c1-6-14(21-15-10-8-7-9-13(15)18)17(20)19-16(11(2)3)12(4)5/h7-12,14,16H,6H2,1-5H3,(H,19,20)/t14-/m0/s1. The molecule has 0 saturated heterocycles. The molecular formula is C17H26ClNO2. The van der Waals surface area contributed by atoms with Gasteiger partial charge in [-0.3, -0.25) is 4.79 Å². The van der Waals surface area contributed by atoms with Gasteiger partial charge in [-0.25, -0.2) is 0 Å². The molecule has 1 atom stereocenters. The number of benzene rings is 1. The molecule has 0 fully saturated rings. The third kappa shape index (κ3) is 5.24. The summed E-state index contributed by atoms with van der Waals surface area (Å²) < 4.78 is 5.77. The minimum Gasteiger partial charge on any atom is -0.479 e. The van der Waals surface area contributed by atoms with Gasteiger partial charge in [-0.15, -0.1) is 0 Å². The van der Waals surface area contributed by atoms with E-state index >= 15 is 0 Å². The number of carbonyl (C=O) groups is 1. The topological polar surface area (TPSA) is 38.3 Å². The van der Waals surface area contributed by atoms with Crippen LogP contribution in [0, 0.1) is 11.8 Å². The lowest BCUT2D eigenvalue weighted by molar-refractivity contribution is -0.129. The van der Waals surface area contributed by atoms with Gasteiger partial charge in [0, 0.05) is 6.04 Å². The number of para-hydroxylation sites is 1. The number of rotatable bonds is 7. The molecule has 118 valence electrons. The van der Waals surface area contributed by atoms with Crippen molar-refractivity contribution in [2.24, 2.45) is 11.8 Å². The minimum absolute atomic E-state index is 0.0789. The predicted octanol–water partition coefficient (Wildman–Crippen LogP) is 4.29. The molecule has 1 N–H and O–H groups in total. The fourth-order valence-electron chi connectivity index (χ4n) is 2.38. The first-order chi connectivity index (χ1) is 9.86. The van der Waals surface area contributed by atoms with E-state index in [1.807, 2.05) is 19.1 Å². The van der Waals surface area contributed by atoms with Crippen LogP contribution in [0.5, 0.6) is 5.75 Å². The van der Waals surface area contributed by atoms with Gasteiger partial charge in [0.05, 0.1) is 5.02 Å². The molecule has 0 aromatic heterocycles. The number of nitrogens with one attached hydrogen (secondary N) is 1. The van der Waals surface area contributed by atoms with E-state index in [0.717, 1.165) is 0 Å². The molecule has 0 aliphatic rings. The van der Waals surface area contributed by atoms with Gasteiger partial charge in [-0.05, 0) is 30.4 Å². The van der Waals surface area contributed by atoms with Gasteiger partial charge in [0.15, 0.2) is 6.10 Å². The van der Waals surface area contributed by atoms with E-state index in [1.54, 1.807) is 12.1 Å². The summed E-state index contributed by atoms with van der Waals surface area (Å²) in [4.78, 5) is 12.4. The second kappa shape index (κ2) is 8.28. The van der Waals surface area contributed by atoms with Gasteiger partial charge in [0.1, 0.15) is 5.75 Å². The maximum Gasteiger partial charge on any atom is 0.261 e. The smallest absolute Gasteiger partial charge is 0.261 e. The average Bonchev–Trinajstić information content (AvgIpc) is 2.42. The fourth-order valence-corrected chi connectivity index (χ4v) is 2.56. The lowest BCUT2D eigenvalue weighted by Crippen LogP contribution is -2.48. The van der Waals surface area contributed by atoms with Crippen molar-refractivity contribution in [3.8, 4) is 5.75 Å². The lowest BCUT2D eigenvalue weighted by atomic mass is 9.93. The molecule has 4 heteroatoms. The van der Waals surface area contributed by atoms with Crippen LogP contribution in [0.4, 0.5) is 0 Å². The summed E-state index contributed by atoms with van der Waals surface area (Å²) in [6, 6.07) is 7.36. The molecule has 3 nitrogen and oxygen atoms in total. The number of halogens is 1. The molecule has 0 radical (unpaired) electrons. The van der Waals surface area contributed by atoms with Gasteiger partial charge in [-0.2, -0.15) is 0 Å². The zero-order valence-electron chi connectivity index (χ0n) is 13.5. The lowest BCUT2D eigenvalue weighted by Gasteiger charge is -2.28. The van der Waals surface area contributed by atoms with E-state index < -0.39 is 6.10 Å². The van der Waals surface area contributed by atoms with E-state index in [4.69, 9.17) is 16.3 Å². The molecule has 21 heavy (non-hydrogen) atoms. The van der Waals surface area contributed by atoms with Gasteiger partial charge in [0.2, 0.25) is 0 Å². The molecule has 1 aromatic carbocycles. The highest BCUT2D eigenvalue weighted by molar-refractivity contribution is 6.32. The van der Waals surface area contributed by atoms with Gasteiger partial charge in [-0.1, -0.05) is 58.4 Å². The van der Waals surface area contributed by atoms with E-state index in [9.17, 15) is 4.79 Å². The van der Waals surface area contributed by atoms with Crippen LogP contribution in [0.15, 0.2) is 24.3 Å². The summed E-state index contributed by atoms with van der Waals surface area (Å²) in [5.41, 5.74) is 0. The normalized spacial score (nSPS) is 12.8. The largest absolute Gasteiger partial charge is 0.479 e. The maximum absolute atomic E-state index is 12.4. The summed E-state index contributed by atoms with van der Waals surface area (Å²) >= 11 is 6.08. The zero-order chi connectivity index (χ0) is 16.0. The van der Waals surface area contributed by atoms with Gasteiger partial charge < -0.3 is 10.1 Å². The molecule has 0 bridgehead atoms. The van der Waals surface area contributed by atoms with Crippen LogP contribution in [0.3, 0.4) is 0 Å². The molecular weight excluding hydrogens is 286 g/mol. The summed E-state index contributed by atoms with van der Waals surface area (Å²) in [6.45, 7) is 10.4. The van der Waals surface area contributed by atoms with Crippen molar-refractivity contribution in [2.75, 3.05) is 0 Å². The van der Waals surface area contributed by atoms with E-state index in [-0.39, 0.29) is 11.9 Å². The first kappa shape index (κ1) is 17.8. The molecule has 1 rings (SSSR count). The Morgan fingerprint density at radius 3 is 2.24 bits per heavy atom. The quantitative estimate of drug-likeness (QED) is 0.815. The van der Waals surface area contributed by atoms with Crippen LogP contribution < -0.4 is 10.1 Å². The SMILES string of the molecule is CC[C@H](Oc1ccccc1Cl)C(=O)NC(C(C)C)C(C)C. The highest BCUT2D eigenvalue weighted by atomic mass is 35.5. The minimum atomic E-state index is -0.523. The van der Waals surface area contributed by atoms with Crippen molar-refractivity contribution in [2.45, 2.75) is 53.2 Å². The second-order valence-electron chi connectivity index (χ2n) is 5.97. The fraction of sp³-hybridized carbons (Fsp3) is 0.588. The maximum atomic E-state index is 12.4. The first-order valence-corrected chi connectivity index (χ1v) is 7.96. The molecule has 1 aromatic rings. The van der Waals surface area contributed by atoms with Crippen molar-refractivity contribution < 1.29 is 9.53 Å². The molecule has 0 aliphatic carbocycles. The highest BCUT2D eigenvalue weighted by Crippen LogP contribution is 2.25. The average molecular weight is 312 g/mol. The van der Waals surface area contributed by atoms with Crippen LogP contribution in [0.2, 0.25) is 5.02 Å². The Bertz CT molecular complexity index is 452. The zero-order valence-corrected chi connectivity index (χ0v) is 14.3. The predicted molar refractivity (Wildman–Crippen MR) is 87.8 cm³/mol. The van der Waals surface area contributed by atoms with Crippen molar-refractivity contribution in [3.05, 3.63) is 29.3 Å². The number of carbonyl (C=O) groups excluding carboxylic acids is 1. The summed E-state index contributed by atoms with van der Waals surface area (Å²) in [5, 5.41) is 3.62. The van der Waals surface area contributed by atoms with Crippen LogP contribution in [-0.2, 0) is 4.79 Å². The van der Waals surface area contributed by atoms with Crippen LogP contribution in [-0.4, -0.2) is 18.1 Å². The summed E-state index contributed by atoms with van der Waals surface area (Å²) in [5.74, 6) is 1.23. The van der Waals surface area contributed by atoms with Crippen molar-refractivity contribution in [1.29, 1.82) is 0 Å². The Morgan fingerprint density at radius 1 is 1.19 bits per heavy atom. The van der Waals surface area contributed by atoms with Crippen molar-refractivity contribution >= 4 is 17.5 Å². The molecule has 0 unspecified atom stereocenters. The number of ether oxygens (including phenoxy) is 1. The molecule has 0 aliphatic heterocycles. The number of amides is 1. The third-order valence-electron chi connectivity index (χ3n) is 3.51. The van der Waals surface area contributed by atoms with E-state index in [1.165, 1.54) is 0 Å². The number of hydrogen-bond donors (Lipinski definition) is 1. The summed E-state index contributed by atoms with van der Waals surface area (Å²) in [6.07, 6.45) is 0.0739. The Labute approximate surface area is 133 Å². The summed E-state index contributed by atoms with van der Waals surface area (Å²) in [7, 11) is 0. The Morgan fingerprint density at radius 2 is 1.76 bits per heavy atom. The second-order valence-corrected chi connectivity index (χ2v) is 6.37. The van der Waals surface area contributed by atoms with Gasteiger partial charge in [0.25, 0.3) is 5.91 Å². The van der Waals surface area contributed by atoms with Crippen LogP contribution in [0.25, 0.3) is 0 Å². The molecule has 0 spiro atoms. The first-order valence-electron chi connectivity index (χ1n) is 7.58. The Kier molecular flexibility index (Phi) is 7.03. The third-order valence-corrected chi connectivity index (χ3v) is 3.83. The monoisotopic (exact) mass is 311 g/mol. The Balaban J connectivity index is 2.76. The van der Waals surface area contributed by atoms with E-state index in [2.05, 4.69) is 33.0 Å². The van der Waals surface area contributed by atoms with Crippen LogP contribution in [0.1, 0.15) is 41.0 Å². The van der Waals surface area contributed by atoms with Crippen molar-refractivity contribution in [1.82, 2.24) is 5.32 Å².